The summed E-state index contributed by atoms with van der Waals surface area (Å²) < 4.78 is 0. The highest BCUT2D eigenvalue weighted by Crippen LogP contribution is 2.27. The summed E-state index contributed by atoms with van der Waals surface area (Å²) in [7, 11) is 0. The van der Waals surface area contributed by atoms with Crippen molar-refractivity contribution in [2.24, 2.45) is 0 Å². The van der Waals surface area contributed by atoms with Crippen LogP contribution in [0.4, 0.5) is 0 Å². The van der Waals surface area contributed by atoms with E-state index in [0.29, 0.717) is 12.3 Å². The number of aromatic nitrogens is 3. The number of thiazole rings is 1. The van der Waals surface area contributed by atoms with E-state index < -0.39 is 0 Å². The fourth-order valence-corrected chi connectivity index (χ4v) is 4.32. The van der Waals surface area contributed by atoms with Gasteiger partial charge in [-0.25, -0.2) is 9.97 Å². The summed E-state index contributed by atoms with van der Waals surface area (Å²) in [6, 6.07) is 8.10. The number of para-hydroxylation sites is 2. The third kappa shape index (κ3) is 3.44. The first kappa shape index (κ1) is 16.3. The molecule has 1 amide bonds. The molecule has 6 heteroatoms. The van der Waals surface area contributed by atoms with Crippen LogP contribution in [-0.2, 0) is 11.2 Å². The van der Waals surface area contributed by atoms with E-state index in [0.717, 1.165) is 54.9 Å². The average Bonchev–Trinajstić information content (AvgIpc) is 3.25. The topological polar surface area (TPSA) is 61.9 Å². The van der Waals surface area contributed by atoms with Gasteiger partial charge in [0, 0.05) is 30.3 Å². The number of likely N-dealkylation sites (tertiary alicyclic amines) is 1. The maximum atomic E-state index is 12.6. The molecule has 1 atom stereocenters. The molecule has 1 N–H and O–H groups in total. The third-order valence-corrected chi connectivity index (χ3v) is 5.97. The fourth-order valence-electron chi connectivity index (χ4n) is 3.54. The lowest BCUT2D eigenvalue weighted by Gasteiger charge is -2.32. The first-order valence-corrected chi connectivity index (χ1v) is 9.70. The molecule has 1 aromatic carbocycles. The first-order chi connectivity index (χ1) is 12.2. The summed E-state index contributed by atoms with van der Waals surface area (Å²) in [5.74, 6) is 1.56. The number of H-pyrrole nitrogens is 1. The Hall–Kier alpha value is -2.21. The Balaban J connectivity index is 1.41. The van der Waals surface area contributed by atoms with E-state index in [9.17, 15) is 4.79 Å². The van der Waals surface area contributed by atoms with Crippen molar-refractivity contribution in [1.82, 2.24) is 19.9 Å². The molecule has 25 heavy (non-hydrogen) atoms. The van der Waals surface area contributed by atoms with Crippen molar-refractivity contribution < 1.29 is 4.79 Å². The molecular weight excluding hydrogens is 332 g/mol. The monoisotopic (exact) mass is 354 g/mol. The normalized spacial score (nSPS) is 18.0. The Bertz CT molecular complexity index is 851. The molecule has 0 saturated carbocycles. The van der Waals surface area contributed by atoms with Crippen LogP contribution in [0.15, 0.2) is 29.8 Å². The lowest BCUT2D eigenvalue weighted by Crippen LogP contribution is -2.39. The number of amides is 1. The fraction of sp³-hybridized carbons (Fsp3) is 0.421. The Labute approximate surface area is 151 Å². The number of nitrogens with one attached hydrogen (secondary N) is 1. The van der Waals surface area contributed by atoms with Crippen LogP contribution in [0, 0.1) is 6.92 Å². The number of aryl methyl sites for hydroxylation is 2. The number of nitrogens with zero attached hydrogens (tertiary/aromatic N) is 3. The van der Waals surface area contributed by atoms with Crippen LogP contribution in [0.25, 0.3) is 11.0 Å². The van der Waals surface area contributed by atoms with Crippen molar-refractivity contribution in [1.29, 1.82) is 0 Å². The van der Waals surface area contributed by atoms with Crippen LogP contribution in [0.3, 0.4) is 0 Å². The van der Waals surface area contributed by atoms with Crippen molar-refractivity contribution in [3.05, 3.63) is 46.2 Å². The molecule has 1 aliphatic rings. The molecule has 0 radical (unpaired) electrons. The van der Waals surface area contributed by atoms with Gasteiger partial charge in [-0.1, -0.05) is 12.1 Å². The van der Waals surface area contributed by atoms with Crippen molar-refractivity contribution in [2.75, 3.05) is 13.1 Å². The number of fused-ring (bicyclic) bond motifs is 1. The van der Waals surface area contributed by atoms with Gasteiger partial charge in [-0.2, -0.15) is 0 Å². The molecular formula is C19H22N4OS. The quantitative estimate of drug-likeness (QED) is 0.778. The number of carbonyl (C=O) groups excluding carboxylic acids is 1. The van der Waals surface area contributed by atoms with Gasteiger partial charge < -0.3 is 9.88 Å². The Morgan fingerprint density at radius 2 is 2.28 bits per heavy atom. The second-order valence-corrected chi connectivity index (χ2v) is 7.62. The van der Waals surface area contributed by atoms with E-state index in [1.807, 2.05) is 35.5 Å². The molecule has 2 aromatic heterocycles. The lowest BCUT2D eigenvalue weighted by molar-refractivity contribution is -0.132. The largest absolute Gasteiger partial charge is 0.342 e. The lowest BCUT2D eigenvalue weighted by atomic mass is 9.97. The smallest absolute Gasteiger partial charge is 0.222 e. The number of carbonyl (C=O) groups is 1. The van der Waals surface area contributed by atoms with Crippen LogP contribution >= 0.6 is 11.3 Å². The van der Waals surface area contributed by atoms with Crippen molar-refractivity contribution in [3.63, 3.8) is 0 Å². The molecule has 3 heterocycles. The zero-order valence-electron chi connectivity index (χ0n) is 14.4. The summed E-state index contributed by atoms with van der Waals surface area (Å²) >= 11 is 1.64. The number of imidazole rings is 1. The molecule has 1 aliphatic heterocycles. The second-order valence-electron chi connectivity index (χ2n) is 6.68. The van der Waals surface area contributed by atoms with Crippen molar-refractivity contribution in [2.45, 2.75) is 38.5 Å². The van der Waals surface area contributed by atoms with Gasteiger partial charge >= 0.3 is 0 Å². The molecule has 1 saturated heterocycles. The highest BCUT2D eigenvalue weighted by Gasteiger charge is 2.26. The zero-order chi connectivity index (χ0) is 17.2. The Morgan fingerprint density at radius 1 is 1.40 bits per heavy atom. The maximum Gasteiger partial charge on any atom is 0.222 e. The van der Waals surface area contributed by atoms with E-state index in [-0.39, 0.29) is 5.91 Å². The molecule has 5 nitrogen and oxygen atoms in total. The average molecular weight is 354 g/mol. The van der Waals surface area contributed by atoms with E-state index in [1.165, 1.54) is 4.88 Å². The minimum Gasteiger partial charge on any atom is -0.342 e. The molecule has 0 aliphatic carbocycles. The van der Waals surface area contributed by atoms with Crippen LogP contribution in [0.1, 0.15) is 41.6 Å². The minimum absolute atomic E-state index is 0.244. The van der Waals surface area contributed by atoms with Gasteiger partial charge in [0.05, 0.1) is 22.2 Å². The third-order valence-electron chi connectivity index (χ3n) is 4.98. The molecule has 3 aromatic rings. The van der Waals surface area contributed by atoms with E-state index in [1.54, 1.807) is 11.3 Å². The first-order valence-electron chi connectivity index (χ1n) is 8.82. The van der Waals surface area contributed by atoms with Crippen molar-refractivity contribution in [3.8, 4) is 0 Å². The van der Waals surface area contributed by atoms with Gasteiger partial charge in [0.15, 0.2) is 0 Å². The number of piperidine rings is 1. The van der Waals surface area contributed by atoms with Gasteiger partial charge in [0.2, 0.25) is 5.91 Å². The summed E-state index contributed by atoms with van der Waals surface area (Å²) in [6.45, 7) is 3.63. The predicted octanol–water partition coefficient (Wildman–Crippen LogP) is 3.67. The standard InChI is InChI=1S/C19H22N4OS/c1-13-17(25-12-20-13)8-9-18(24)23-10-4-5-14(11-23)19-21-15-6-2-3-7-16(15)22-19/h2-3,6-7,12,14H,4-5,8-11H2,1H3,(H,21,22)/t14-/m1/s1. The molecule has 130 valence electrons. The number of aromatic amines is 1. The molecule has 0 bridgehead atoms. The van der Waals surface area contributed by atoms with Crippen LogP contribution in [0.5, 0.6) is 0 Å². The minimum atomic E-state index is 0.244. The van der Waals surface area contributed by atoms with E-state index in [2.05, 4.69) is 16.0 Å². The van der Waals surface area contributed by atoms with Gasteiger partial charge in [0.25, 0.3) is 0 Å². The number of rotatable bonds is 4. The molecule has 1 fully saturated rings. The summed E-state index contributed by atoms with van der Waals surface area (Å²) in [5, 5.41) is 0. The van der Waals surface area contributed by atoms with Crippen LogP contribution in [0.2, 0.25) is 0 Å². The van der Waals surface area contributed by atoms with Crippen molar-refractivity contribution >= 4 is 28.3 Å². The Morgan fingerprint density at radius 3 is 3.08 bits per heavy atom. The van der Waals surface area contributed by atoms with Gasteiger partial charge in [-0.05, 0) is 38.3 Å². The molecule has 0 spiro atoms. The van der Waals surface area contributed by atoms with E-state index >= 15 is 0 Å². The predicted molar refractivity (Wildman–Crippen MR) is 99.8 cm³/mol. The van der Waals surface area contributed by atoms with Gasteiger partial charge in [-0.3, -0.25) is 4.79 Å². The van der Waals surface area contributed by atoms with Gasteiger partial charge in [-0.15, -0.1) is 11.3 Å². The van der Waals surface area contributed by atoms with Crippen LogP contribution in [-0.4, -0.2) is 38.8 Å². The highest BCUT2D eigenvalue weighted by atomic mass is 32.1. The van der Waals surface area contributed by atoms with E-state index in [4.69, 9.17) is 4.98 Å². The summed E-state index contributed by atoms with van der Waals surface area (Å²) in [5.41, 5.74) is 4.98. The van der Waals surface area contributed by atoms with Crippen LogP contribution < -0.4 is 0 Å². The summed E-state index contributed by atoms with van der Waals surface area (Å²) in [4.78, 5) is 28.3. The highest BCUT2D eigenvalue weighted by molar-refractivity contribution is 7.09. The second kappa shape index (κ2) is 6.96. The Kier molecular flexibility index (Phi) is 4.53. The molecule has 0 unspecified atom stereocenters. The summed E-state index contributed by atoms with van der Waals surface area (Å²) in [6.07, 6.45) is 3.47. The zero-order valence-corrected chi connectivity index (χ0v) is 15.2. The number of hydrogen-bond donors (Lipinski definition) is 1. The van der Waals surface area contributed by atoms with Gasteiger partial charge in [0.1, 0.15) is 5.82 Å². The number of hydrogen-bond acceptors (Lipinski definition) is 4. The maximum absolute atomic E-state index is 12.6. The molecule has 4 rings (SSSR count). The SMILES string of the molecule is Cc1ncsc1CCC(=O)N1CCC[C@@H](c2nc3ccccc3[nH]2)C1. The number of benzene rings is 1.